The van der Waals surface area contributed by atoms with Crippen LogP contribution >= 0.6 is 15.9 Å². The van der Waals surface area contributed by atoms with Crippen LogP contribution in [0.15, 0.2) is 65.3 Å². The summed E-state index contributed by atoms with van der Waals surface area (Å²) < 4.78 is 3.14. The zero-order valence-electron chi connectivity index (χ0n) is 13.5. The van der Waals surface area contributed by atoms with Crippen molar-refractivity contribution in [3.05, 3.63) is 70.8 Å². The minimum absolute atomic E-state index is 0.759. The summed E-state index contributed by atoms with van der Waals surface area (Å²) in [6, 6.07) is 18.3. The minimum Gasteiger partial charge on any atom is -0.386 e. The molecule has 0 aliphatic carbocycles. The molecule has 120 valence electrons. The predicted molar refractivity (Wildman–Crippen MR) is 102 cm³/mol. The molecule has 3 nitrogen and oxygen atoms in total. The maximum absolute atomic E-state index is 10.6. The molecular formula is C20H17BrN2O. The van der Waals surface area contributed by atoms with Gasteiger partial charge in [0, 0.05) is 27.0 Å². The Morgan fingerprint density at radius 2 is 1.71 bits per heavy atom. The molecule has 24 heavy (non-hydrogen) atoms. The van der Waals surface area contributed by atoms with Gasteiger partial charge in [0.15, 0.2) is 0 Å². The average molecular weight is 381 g/mol. The van der Waals surface area contributed by atoms with Crippen molar-refractivity contribution >= 4 is 37.7 Å². The topological polar surface area (TPSA) is 38.1 Å². The Kier molecular flexibility index (Phi) is 3.48. The van der Waals surface area contributed by atoms with Crippen molar-refractivity contribution in [2.45, 2.75) is 19.4 Å². The molecular weight excluding hydrogens is 364 g/mol. The summed E-state index contributed by atoms with van der Waals surface area (Å²) >= 11 is 3.57. The standard InChI is InChI=1S/C20H17BrN2O/c1-20(2,24)16-7-5-11-22-19(16)23-17-8-4-3-6-14(17)15-10-9-13(21)12-18(15)23/h3-12,24H,1-2H3. The number of benzene rings is 2. The van der Waals surface area contributed by atoms with Crippen LogP contribution in [0.1, 0.15) is 19.4 Å². The molecule has 4 rings (SSSR count). The molecule has 0 unspecified atom stereocenters. The lowest BCUT2D eigenvalue weighted by Gasteiger charge is -2.22. The van der Waals surface area contributed by atoms with Crippen LogP contribution in [0.25, 0.3) is 27.6 Å². The molecule has 0 atom stereocenters. The molecule has 2 heterocycles. The number of pyridine rings is 1. The fraction of sp³-hybridized carbons (Fsp3) is 0.150. The molecule has 4 aromatic rings. The quantitative estimate of drug-likeness (QED) is 0.520. The first-order valence-corrected chi connectivity index (χ1v) is 8.63. The Hall–Kier alpha value is -2.17. The molecule has 0 radical (unpaired) electrons. The molecule has 0 spiro atoms. The van der Waals surface area contributed by atoms with Crippen molar-refractivity contribution < 1.29 is 5.11 Å². The summed E-state index contributed by atoms with van der Waals surface area (Å²) in [4.78, 5) is 4.61. The van der Waals surface area contributed by atoms with Crippen LogP contribution in [0.4, 0.5) is 0 Å². The average Bonchev–Trinajstić information content (AvgIpc) is 2.87. The highest BCUT2D eigenvalue weighted by Crippen LogP contribution is 2.35. The van der Waals surface area contributed by atoms with Gasteiger partial charge < -0.3 is 5.11 Å². The van der Waals surface area contributed by atoms with E-state index in [1.807, 2.05) is 24.3 Å². The summed E-state index contributed by atoms with van der Waals surface area (Å²) in [6.45, 7) is 3.58. The molecule has 0 bridgehead atoms. The van der Waals surface area contributed by atoms with Gasteiger partial charge in [-0.1, -0.05) is 46.3 Å². The van der Waals surface area contributed by atoms with Crippen molar-refractivity contribution in [1.29, 1.82) is 0 Å². The lowest BCUT2D eigenvalue weighted by molar-refractivity contribution is 0.0782. The first-order valence-electron chi connectivity index (χ1n) is 7.84. The van der Waals surface area contributed by atoms with Crippen LogP contribution in [-0.2, 0) is 5.60 Å². The van der Waals surface area contributed by atoms with Crippen molar-refractivity contribution in [3.63, 3.8) is 0 Å². The SMILES string of the molecule is CC(C)(O)c1cccnc1-n1c2ccccc2c2ccc(Br)cc21. The van der Waals surface area contributed by atoms with E-state index >= 15 is 0 Å². The van der Waals surface area contributed by atoms with Gasteiger partial charge in [-0.05, 0) is 38.1 Å². The van der Waals surface area contributed by atoms with Crippen LogP contribution in [-0.4, -0.2) is 14.7 Å². The van der Waals surface area contributed by atoms with E-state index in [9.17, 15) is 5.11 Å². The molecule has 0 saturated carbocycles. The molecule has 0 saturated heterocycles. The minimum atomic E-state index is -0.979. The van der Waals surface area contributed by atoms with Crippen LogP contribution in [0.2, 0.25) is 0 Å². The van der Waals surface area contributed by atoms with Gasteiger partial charge in [-0.25, -0.2) is 4.98 Å². The van der Waals surface area contributed by atoms with Gasteiger partial charge in [0.25, 0.3) is 0 Å². The number of halogens is 1. The van der Waals surface area contributed by atoms with Crippen molar-refractivity contribution in [2.75, 3.05) is 0 Å². The number of hydrogen-bond donors (Lipinski definition) is 1. The molecule has 4 heteroatoms. The Morgan fingerprint density at radius 1 is 0.958 bits per heavy atom. The normalized spacial score (nSPS) is 12.2. The second-order valence-corrected chi connectivity index (χ2v) is 7.36. The number of para-hydroxylation sites is 1. The van der Waals surface area contributed by atoms with E-state index in [1.54, 1.807) is 20.0 Å². The Morgan fingerprint density at radius 3 is 2.50 bits per heavy atom. The second kappa shape index (κ2) is 5.43. The number of hydrogen-bond acceptors (Lipinski definition) is 2. The zero-order valence-corrected chi connectivity index (χ0v) is 15.1. The fourth-order valence-electron chi connectivity index (χ4n) is 3.22. The van der Waals surface area contributed by atoms with E-state index in [0.29, 0.717) is 0 Å². The van der Waals surface area contributed by atoms with Gasteiger partial charge in [-0.2, -0.15) is 0 Å². The largest absolute Gasteiger partial charge is 0.386 e. The lowest BCUT2D eigenvalue weighted by Crippen LogP contribution is -2.19. The van der Waals surface area contributed by atoms with Crippen molar-refractivity contribution in [2.24, 2.45) is 0 Å². The van der Waals surface area contributed by atoms with E-state index in [2.05, 4.69) is 55.8 Å². The van der Waals surface area contributed by atoms with E-state index in [-0.39, 0.29) is 0 Å². The van der Waals surface area contributed by atoms with Gasteiger partial charge in [0.1, 0.15) is 5.82 Å². The first-order chi connectivity index (χ1) is 11.5. The number of aliphatic hydroxyl groups is 1. The molecule has 2 aromatic heterocycles. The van der Waals surface area contributed by atoms with E-state index < -0.39 is 5.60 Å². The fourth-order valence-corrected chi connectivity index (χ4v) is 3.57. The van der Waals surface area contributed by atoms with Crippen LogP contribution < -0.4 is 0 Å². The Labute approximate surface area is 148 Å². The van der Waals surface area contributed by atoms with Gasteiger partial charge >= 0.3 is 0 Å². The van der Waals surface area contributed by atoms with Crippen LogP contribution in [0, 0.1) is 0 Å². The third-order valence-corrected chi connectivity index (χ3v) is 4.79. The van der Waals surface area contributed by atoms with Crippen LogP contribution in [0.5, 0.6) is 0 Å². The molecule has 0 aliphatic heterocycles. The Bertz CT molecular complexity index is 1060. The summed E-state index contributed by atoms with van der Waals surface area (Å²) in [5.74, 6) is 0.759. The third-order valence-electron chi connectivity index (χ3n) is 4.29. The lowest BCUT2D eigenvalue weighted by atomic mass is 9.99. The van der Waals surface area contributed by atoms with Crippen molar-refractivity contribution in [3.8, 4) is 5.82 Å². The van der Waals surface area contributed by atoms with E-state index in [0.717, 1.165) is 26.9 Å². The molecule has 0 aliphatic rings. The zero-order chi connectivity index (χ0) is 16.9. The van der Waals surface area contributed by atoms with E-state index in [4.69, 9.17) is 0 Å². The number of fused-ring (bicyclic) bond motifs is 3. The van der Waals surface area contributed by atoms with Gasteiger partial charge in [0.2, 0.25) is 0 Å². The summed E-state index contributed by atoms with van der Waals surface area (Å²) in [6.07, 6.45) is 1.77. The number of rotatable bonds is 2. The van der Waals surface area contributed by atoms with Gasteiger partial charge in [-0.15, -0.1) is 0 Å². The Balaban J connectivity index is 2.20. The van der Waals surface area contributed by atoms with Gasteiger partial charge in [0.05, 0.1) is 16.6 Å². The summed E-state index contributed by atoms with van der Waals surface area (Å²) in [5.41, 5.74) is 1.96. The highest BCUT2D eigenvalue weighted by Gasteiger charge is 2.23. The second-order valence-electron chi connectivity index (χ2n) is 6.45. The summed E-state index contributed by atoms with van der Waals surface area (Å²) in [5, 5.41) is 12.9. The van der Waals surface area contributed by atoms with E-state index in [1.165, 1.54) is 10.8 Å². The number of nitrogens with zero attached hydrogens (tertiary/aromatic N) is 2. The molecule has 0 amide bonds. The summed E-state index contributed by atoms with van der Waals surface area (Å²) in [7, 11) is 0. The van der Waals surface area contributed by atoms with Crippen LogP contribution in [0.3, 0.4) is 0 Å². The maximum Gasteiger partial charge on any atom is 0.143 e. The monoisotopic (exact) mass is 380 g/mol. The van der Waals surface area contributed by atoms with Crippen molar-refractivity contribution in [1.82, 2.24) is 9.55 Å². The highest BCUT2D eigenvalue weighted by molar-refractivity contribution is 9.10. The third kappa shape index (κ3) is 2.34. The molecule has 0 fully saturated rings. The predicted octanol–water partition coefficient (Wildman–Crippen LogP) is 5.17. The smallest absolute Gasteiger partial charge is 0.143 e. The van der Waals surface area contributed by atoms with Gasteiger partial charge in [-0.3, -0.25) is 4.57 Å². The highest BCUT2D eigenvalue weighted by atomic mass is 79.9. The molecule has 1 N–H and O–H groups in total. The maximum atomic E-state index is 10.6. The number of aromatic nitrogens is 2. The first kappa shape index (κ1) is 15.4. The molecule has 2 aromatic carbocycles.